The van der Waals surface area contributed by atoms with Crippen molar-refractivity contribution in [3.05, 3.63) is 41.5 Å². The van der Waals surface area contributed by atoms with Crippen LogP contribution in [-0.2, 0) is 0 Å². The molecule has 1 nitrogen and oxygen atoms in total. The summed E-state index contributed by atoms with van der Waals surface area (Å²) in [6, 6.07) is 8.08. The van der Waals surface area contributed by atoms with E-state index in [2.05, 4.69) is 12.0 Å². The molecule has 0 aliphatic heterocycles. The molecule has 1 aromatic rings. The Morgan fingerprint density at radius 3 is 3.00 bits per heavy atom. The minimum Gasteiger partial charge on any atom is -0.391 e. The normalized spacial score (nSPS) is 20.1. The zero-order valence-electron chi connectivity index (χ0n) is 7.85. The van der Waals surface area contributed by atoms with E-state index in [1.165, 1.54) is 11.1 Å². The molecular formula is C13H12O. The third kappa shape index (κ3) is 1.45. The maximum atomic E-state index is 9.80. The summed E-state index contributed by atoms with van der Waals surface area (Å²) < 4.78 is 0. The minimum atomic E-state index is -0.458. The van der Waals surface area contributed by atoms with Gasteiger partial charge in [-0.2, -0.15) is 0 Å². The smallest absolute Gasteiger partial charge is 0.0752 e. The van der Waals surface area contributed by atoms with Crippen molar-refractivity contribution in [1.82, 2.24) is 0 Å². The Bertz CT molecular complexity index is 398. The first-order chi connectivity index (χ1) is 6.83. The van der Waals surface area contributed by atoms with Crippen LogP contribution < -0.4 is 0 Å². The molecule has 2 unspecified atom stereocenters. The molecule has 0 radical (unpaired) electrons. The highest BCUT2D eigenvalue weighted by atomic mass is 16.3. The lowest BCUT2D eigenvalue weighted by atomic mass is 9.94. The molecule has 1 heteroatoms. The Morgan fingerprint density at radius 1 is 1.43 bits per heavy atom. The average Bonchev–Trinajstić information content (AvgIpc) is 2.61. The van der Waals surface area contributed by atoms with Gasteiger partial charge in [-0.1, -0.05) is 36.4 Å². The highest BCUT2D eigenvalue weighted by Crippen LogP contribution is 2.32. The van der Waals surface area contributed by atoms with Crippen LogP contribution in [0.1, 0.15) is 23.5 Å². The quantitative estimate of drug-likeness (QED) is 0.698. The molecule has 0 heterocycles. The largest absolute Gasteiger partial charge is 0.391 e. The second kappa shape index (κ2) is 3.69. The molecule has 0 spiro atoms. The maximum Gasteiger partial charge on any atom is 0.0752 e. The van der Waals surface area contributed by atoms with Crippen LogP contribution in [0.2, 0.25) is 0 Å². The standard InChI is InChI=1S/C13H12O/c1-2-5-13(14)12-9-8-10-6-3-4-7-11(10)12/h1,3-4,6-9,12-14H,5H2. The van der Waals surface area contributed by atoms with Crippen LogP contribution in [0.3, 0.4) is 0 Å². The van der Waals surface area contributed by atoms with E-state index >= 15 is 0 Å². The van der Waals surface area contributed by atoms with Crippen molar-refractivity contribution in [3.8, 4) is 12.3 Å². The molecule has 1 aliphatic rings. The molecular weight excluding hydrogens is 172 g/mol. The zero-order chi connectivity index (χ0) is 9.97. The zero-order valence-corrected chi connectivity index (χ0v) is 7.85. The molecule has 2 atom stereocenters. The van der Waals surface area contributed by atoms with E-state index < -0.39 is 6.10 Å². The summed E-state index contributed by atoms with van der Waals surface area (Å²) in [5.41, 5.74) is 2.36. The van der Waals surface area contributed by atoms with Crippen LogP contribution in [0, 0.1) is 12.3 Å². The van der Waals surface area contributed by atoms with Crippen molar-refractivity contribution < 1.29 is 5.11 Å². The van der Waals surface area contributed by atoms with Crippen molar-refractivity contribution in [2.45, 2.75) is 18.4 Å². The van der Waals surface area contributed by atoms with Crippen LogP contribution in [-0.4, -0.2) is 11.2 Å². The van der Waals surface area contributed by atoms with Crippen LogP contribution in [0.15, 0.2) is 30.3 Å². The topological polar surface area (TPSA) is 20.2 Å². The molecule has 14 heavy (non-hydrogen) atoms. The van der Waals surface area contributed by atoms with Gasteiger partial charge in [0.2, 0.25) is 0 Å². The monoisotopic (exact) mass is 184 g/mol. The Hall–Kier alpha value is -1.52. The van der Waals surface area contributed by atoms with Gasteiger partial charge in [-0.05, 0) is 11.1 Å². The molecule has 0 saturated carbocycles. The van der Waals surface area contributed by atoms with Crippen molar-refractivity contribution in [1.29, 1.82) is 0 Å². The number of aliphatic hydroxyl groups is 1. The lowest BCUT2D eigenvalue weighted by Gasteiger charge is -2.15. The van der Waals surface area contributed by atoms with Gasteiger partial charge in [0.05, 0.1) is 6.10 Å². The van der Waals surface area contributed by atoms with Gasteiger partial charge >= 0.3 is 0 Å². The number of fused-ring (bicyclic) bond motifs is 1. The molecule has 0 fully saturated rings. The summed E-state index contributed by atoms with van der Waals surface area (Å²) in [6.45, 7) is 0. The Balaban J connectivity index is 2.27. The second-order valence-electron chi connectivity index (χ2n) is 3.49. The summed E-state index contributed by atoms with van der Waals surface area (Å²) in [5.74, 6) is 2.56. The lowest BCUT2D eigenvalue weighted by molar-refractivity contribution is 0.165. The second-order valence-corrected chi connectivity index (χ2v) is 3.49. The van der Waals surface area contributed by atoms with E-state index in [0.717, 1.165) is 0 Å². The Morgan fingerprint density at radius 2 is 2.21 bits per heavy atom. The molecule has 1 aliphatic carbocycles. The van der Waals surface area contributed by atoms with Gasteiger partial charge in [0.25, 0.3) is 0 Å². The van der Waals surface area contributed by atoms with Crippen LogP contribution in [0.5, 0.6) is 0 Å². The number of terminal acetylenes is 1. The van der Waals surface area contributed by atoms with Gasteiger partial charge < -0.3 is 5.11 Å². The fourth-order valence-corrected chi connectivity index (χ4v) is 1.86. The van der Waals surface area contributed by atoms with Gasteiger partial charge in [0, 0.05) is 12.3 Å². The molecule has 2 rings (SSSR count). The number of hydrogen-bond donors (Lipinski definition) is 1. The third-order valence-corrected chi connectivity index (χ3v) is 2.58. The number of hydrogen-bond acceptors (Lipinski definition) is 1. The lowest BCUT2D eigenvalue weighted by Crippen LogP contribution is -2.14. The van der Waals surface area contributed by atoms with Crippen LogP contribution >= 0.6 is 0 Å². The summed E-state index contributed by atoms with van der Waals surface area (Å²) in [6.07, 6.45) is 9.19. The molecule has 70 valence electrons. The molecule has 1 N–H and O–H groups in total. The summed E-state index contributed by atoms with van der Waals surface area (Å²) in [7, 11) is 0. The maximum absolute atomic E-state index is 9.80. The predicted octanol–water partition coefficient (Wildman–Crippen LogP) is 2.18. The fraction of sp³-hybridized carbons (Fsp3) is 0.231. The van der Waals surface area contributed by atoms with Crippen molar-refractivity contribution >= 4 is 6.08 Å². The Kier molecular flexibility index (Phi) is 2.39. The summed E-state index contributed by atoms with van der Waals surface area (Å²) in [4.78, 5) is 0. The van der Waals surface area contributed by atoms with Gasteiger partial charge in [-0.15, -0.1) is 12.3 Å². The van der Waals surface area contributed by atoms with E-state index in [1.54, 1.807) is 0 Å². The molecule has 0 amide bonds. The van der Waals surface area contributed by atoms with Crippen molar-refractivity contribution in [3.63, 3.8) is 0 Å². The van der Waals surface area contributed by atoms with E-state index in [1.807, 2.05) is 30.4 Å². The van der Waals surface area contributed by atoms with E-state index in [9.17, 15) is 5.11 Å². The van der Waals surface area contributed by atoms with Crippen molar-refractivity contribution in [2.24, 2.45) is 0 Å². The first-order valence-electron chi connectivity index (χ1n) is 4.71. The third-order valence-electron chi connectivity index (χ3n) is 2.58. The van der Waals surface area contributed by atoms with Crippen molar-refractivity contribution in [2.75, 3.05) is 0 Å². The molecule has 0 saturated heterocycles. The molecule has 1 aromatic carbocycles. The highest BCUT2D eigenvalue weighted by molar-refractivity contribution is 5.62. The SMILES string of the molecule is C#CCC(O)C1C=Cc2ccccc21. The summed E-state index contributed by atoms with van der Waals surface area (Å²) in [5, 5.41) is 9.80. The first kappa shape index (κ1) is 9.05. The summed E-state index contributed by atoms with van der Waals surface area (Å²) >= 11 is 0. The van der Waals surface area contributed by atoms with E-state index in [-0.39, 0.29) is 5.92 Å². The van der Waals surface area contributed by atoms with E-state index in [0.29, 0.717) is 6.42 Å². The van der Waals surface area contributed by atoms with Gasteiger partial charge in [-0.25, -0.2) is 0 Å². The van der Waals surface area contributed by atoms with Crippen LogP contribution in [0.4, 0.5) is 0 Å². The number of benzene rings is 1. The average molecular weight is 184 g/mol. The molecule has 0 bridgehead atoms. The minimum absolute atomic E-state index is 0.0715. The van der Waals surface area contributed by atoms with Gasteiger partial charge in [-0.3, -0.25) is 0 Å². The predicted molar refractivity (Wildman–Crippen MR) is 57.7 cm³/mol. The van der Waals surface area contributed by atoms with E-state index in [4.69, 9.17) is 6.42 Å². The van der Waals surface area contributed by atoms with Crippen LogP contribution in [0.25, 0.3) is 6.08 Å². The number of aliphatic hydroxyl groups excluding tert-OH is 1. The highest BCUT2D eigenvalue weighted by Gasteiger charge is 2.23. The molecule has 0 aromatic heterocycles. The Labute approximate surface area is 84.1 Å². The van der Waals surface area contributed by atoms with Gasteiger partial charge in [0.15, 0.2) is 0 Å². The van der Waals surface area contributed by atoms with Gasteiger partial charge in [0.1, 0.15) is 0 Å². The first-order valence-corrected chi connectivity index (χ1v) is 4.71. The number of rotatable bonds is 2. The fourth-order valence-electron chi connectivity index (χ4n) is 1.86.